The number of allylic oxidation sites excluding steroid dienone is 1. The van der Waals surface area contributed by atoms with Crippen LogP contribution in [0.15, 0.2) is 91.3 Å². The van der Waals surface area contributed by atoms with Crippen LogP contribution >= 0.6 is 15.9 Å². The van der Waals surface area contributed by atoms with E-state index in [0.29, 0.717) is 29.5 Å². The summed E-state index contributed by atoms with van der Waals surface area (Å²) in [6.07, 6.45) is 1.46. The van der Waals surface area contributed by atoms with Crippen molar-refractivity contribution in [3.05, 3.63) is 93.5 Å². The van der Waals surface area contributed by atoms with Crippen LogP contribution in [-0.2, 0) is 30.9 Å². The Bertz CT molecular complexity index is 1540. The number of halogens is 1. The molecule has 0 atom stereocenters. The molecule has 1 N–H and O–H groups in total. The predicted octanol–water partition coefficient (Wildman–Crippen LogP) is 5.19. The fraction of sp³-hybridized carbons (Fsp3) is 0.214. The molecule has 0 radical (unpaired) electrons. The molecule has 4 rings (SSSR count). The van der Waals surface area contributed by atoms with Crippen molar-refractivity contribution < 1.29 is 31.9 Å². The van der Waals surface area contributed by atoms with Crippen molar-refractivity contribution in [3.8, 4) is 5.75 Å². The van der Waals surface area contributed by atoms with E-state index >= 15 is 0 Å². The van der Waals surface area contributed by atoms with Gasteiger partial charge in [0.1, 0.15) is 17.3 Å². The van der Waals surface area contributed by atoms with Crippen molar-refractivity contribution in [1.82, 2.24) is 4.72 Å². The van der Waals surface area contributed by atoms with Crippen LogP contribution in [0.25, 0.3) is 6.08 Å². The van der Waals surface area contributed by atoms with Gasteiger partial charge < -0.3 is 13.9 Å². The molecule has 0 saturated heterocycles. The quantitative estimate of drug-likeness (QED) is 0.247. The van der Waals surface area contributed by atoms with Crippen LogP contribution < -0.4 is 14.4 Å². The summed E-state index contributed by atoms with van der Waals surface area (Å²) in [6.45, 7) is 5.79. The molecule has 2 aromatic carbocycles. The minimum absolute atomic E-state index is 0.104. The van der Waals surface area contributed by atoms with Crippen molar-refractivity contribution in [2.24, 2.45) is 0 Å². The van der Waals surface area contributed by atoms with Gasteiger partial charge in [-0.05, 0) is 87.5 Å². The molecular weight excluding hydrogens is 588 g/mol. The van der Waals surface area contributed by atoms with Crippen LogP contribution in [0.5, 0.6) is 5.75 Å². The minimum atomic E-state index is -3.76. The van der Waals surface area contributed by atoms with Gasteiger partial charge in [-0.3, -0.25) is 9.69 Å². The summed E-state index contributed by atoms with van der Waals surface area (Å²) in [4.78, 5) is 27.9. The fourth-order valence-corrected chi connectivity index (χ4v) is 5.28. The lowest BCUT2D eigenvalue weighted by molar-refractivity contribution is -0.138. The van der Waals surface area contributed by atoms with Crippen LogP contribution in [0.3, 0.4) is 0 Å². The molecule has 2 heterocycles. The summed E-state index contributed by atoms with van der Waals surface area (Å²) < 4.78 is 44.9. The lowest BCUT2D eigenvalue weighted by Crippen LogP contribution is -2.24. The molecule has 0 aliphatic carbocycles. The Morgan fingerprint density at radius 2 is 1.72 bits per heavy atom. The van der Waals surface area contributed by atoms with E-state index in [-0.39, 0.29) is 35.0 Å². The van der Waals surface area contributed by atoms with Gasteiger partial charge in [-0.1, -0.05) is 15.9 Å². The van der Waals surface area contributed by atoms with Gasteiger partial charge in [-0.2, -0.15) is 0 Å². The number of hydrogen-bond acceptors (Lipinski definition) is 7. The van der Waals surface area contributed by atoms with E-state index in [1.807, 2.05) is 6.92 Å². The number of furan rings is 1. The van der Waals surface area contributed by atoms with Gasteiger partial charge in [0.2, 0.25) is 10.0 Å². The molecule has 0 spiro atoms. The molecule has 204 valence electrons. The first-order valence-electron chi connectivity index (χ1n) is 12.2. The van der Waals surface area contributed by atoms with Gasteiger partial charge in [-0.15, -0.1) is 0 Å². The summed E-state index contributed by atoms with van der Waals surface area (Å²) in [5, 5.41) is 0. The van der Waals surface area contributed by atoms with Gasteiger partial charge >= 0.3 is 5.97 Å². The number of anilines is 1. The third kappa shape index (κ3) is 6.32. The fourth-order valence-electron chi connectivity index (χ4n) is 4.02. The Morgan fingerprint density at radius 3 is 2.36 bits per heavy atom. The highest BCUT2D eigenvalue weighted by molar-refractivity contribution is 9.10. The van der Waals surface area contributed by atoms with Gasteiger partial charge in [0.15, 0.2) is 0 Å². The molecule has 1 aliphatic rings. The zero-order chi connectivity index (χ0) is 28.2. The van der Waals surface area contributed by atoms with Crippen LogP contribution in [-0.4, -0.2) is 33.5 Å². The summed E-state index contributed by atoms with van der Waals surface area (Å²) in [5.74, 6) is 0.217. The number of ether oxygens (including phenoxy) is 2. The van der Waals surface area contributed by atoms with Crippen molar-refractivity contribution in [1.29, 1.82) is 0 Å². The zero-order valence-electron chi connectivity index (χ0n) is 21.6. The number of sulfonamides is 1. The number of hydrogen-bond donors (Lipinski definition) is 1. The third-order valence-electron chi connectivity index (χ3n) is 5.81. The first-order valence-corrected chi connectivity index (χ1v) is 14.4. The smallest absolute Gasteiger partial charge is 0.340 e. The van der Waals surface area contributed by atoms with Crippen LogP contribution in [0, 0.1) is 0 Å². The largest absolute Gasteiger partial charge is 0.494 e. The van der Waals surface area contributed by atoms with E-state index < -0.39 is 21.9 Å². The standard InChI is InChI=1S/C28H27BrN2O7S/c1-4-36-21-10-8-20(9-11-21)31-18(3)26(28(33)37-5-2)25(27(31)32)16-22-12-13-23(38-22)17-30-39(34,35)24-14-6-19(29)7-15-24/h6-16,30H,4-5,17H2,1-3H3/b25-16+. The number of benzene rings is 2. The molecule has 1 aromatic heterocycles. The first-order chi connectivity index (χ1) is 18.6. The summed E-state index contributed by atoms with van der Waals surface area (Å²) in [7, 11) is -3.76. The predicted molar refractivity (Wildman–Crippen MR) is 149 cm³/mol. The molecule has 0 fully saturated rings. The molecule has 39 heavy (non-hydrogen) atoms. The maximum atomic E-state index is 13.5. The van der Waals surface area contributed by atoms with E-state index in [0.717, 1.165) is 4.47 Å². The number of carbonyl (C=O) groups is 2. The molecule has 0 saturated carbocycles. The lowest BCUT2D eigenvalue weighted by Gasteiger charge is -2.18. The number of esters is 1. The molecule has 9 nitrogen and oxygen atoms in total. The number of carbonyl (C=O) groups excluding carboxylic acids is 2. The third-order valence-corrected chi connectivity index (χ3v) is 7.76. The maximum Gasteiger partial charge on any atom is 0.340 e. The molecule has 0 unspecified atom stereocenters. The molecule has 3 aromatic rings. The Hall–Kier alpha value is -3.67. The van der Waals surface area contributed by atoms with E-state index in [4.69, 9.17) is 13.9 Å². The van der Waals surface area contributed by atoms with Crippen molar-refractivity contribution in [3.63, 3.8) is 0 Å². The second kappa shape index (κ2) is 12.0. The monoisotopic (exact) mass is 614 g/mol. The van der Waals surface area contributed by atoms with E-state index in [1.54, 1.807) is 62.4 Å². The highest BCUT2D eigenvalue weighted by atomic mass is 79.9. The number of rotatable bonds is 10. The molecule has 11 heteroatoms. The zero-order valence-corrected chi connectivity index (χ0v) is 24.0. The second-order valence-electron chi connectivity index (χ2n) is 8.39. The number of amides is 1. The van der Waals surface area contributed by atoms with Crippen molar-refractivity contribution in [2.75, 3.05) is 18.1 Å². The highest BCUT2D eigenvalue weighted by Crippen LogP contribution is 2.36. The van der Waals surface area contributed by atoms with Gasteiger partial charge in [0.25, 0.3) is 5.91 Å². The summed E-state index contributed by atoms with van der Waals surface area (Å²) in [6, 6.07) is 16.4. The number of nitrogens with one attached hydrogen (secondary N) is 1. The average molecular weight is 616 g/mol. The Labute approximate surface area is 235 Å². The van der Waals surface area contributed by atoms with Gasteiger partial charge in [-0.25, -0.2) is 17.9 Å². The normalized spacial score (nSPS) is 14.8. The molecule has 1 aliphatic heterocycles. The van der Waals surface area contributed by atoms with E-state index in [9.17, 15) is 18.0 Å². The average Bonchev–Trinajstić information content (AvgIpc) is 3.45. The first kappa shape index (κ1) is 28.3. The second-order valence-corrected chi connectivity index (χ2v) is 11.1. The van der Waals surface area contributed by atoms with Crippen LogP contribution in [0.2, 0.25) is 0 Å². The summed E-state index contributed by atoms with van der Waals surface area (Å²) >= 11 is 3.28. The lowest BCUT2D eigenvalue weighted by atomic mass is 10.1. The van der Waals surface area contributed by atoms with E-state index in [1.165, 1.54) is 23.1 Å². The van der Waals surface area contributed by atoms with Gasteiger partial charge in [0, 0.05) is 15.9 Å². The van der Waals surface area contributed by atoms with Gasteiger partial charge in [0.05, 0.1) is 35.8 Å². The topological polar surface area (TPSA) is 115 Å². The minimum Gasteiger partial charge on any atom is -0.494 e. The van der Waals surface area contributed by atoms with Crippen molar-refractivity contribution in [2.45, 2.75) is 32.2 Å². The summed E-state index contributed by atoms with van der Waals surface area (Å²) in [5.41, 5.74) is 1.22. The molecule has 0 bridgehead atoms. The SMILES string of the molecule is CCOC(=O)C1=C(C)N(c2ccc(OCC)cc2)C(=O)/C1=C/c1ccc(CNS(=O)(=O)c2ccc(Br)cc2)o1. The van der Waals surface area contributed by atoms with E-state index in [2.05, 4.69) is 20.7 Å². The number of nitrogens with zero attached hydrogens (tertiary/aromatic N) is 1. The van der Waals surface area contributed by atoms with Crippen LogP contribution in [0.1, 0.15) is 32.3 Å². The maximum absolute atomic E-state index is 13.5. The highest BCUT2D eigenvalue weighted by Gasteiger charge is 2.38. The Balaban J connectivity index is 1.59. The Morgan fingerprint density at radius 1 is 1.03 bits per heavy atom. The van der Waals surface area contributed by atoms with Crippen molar-refractivity contribution >= 4 is 49.6 Å². The molecule has 1 amide bonds. The van der Waals surface area contributed by atoms with Crippen LogP contribution in [0.4, 0.5) is 5.69 Å². The Kier molecular flexibility index (Phi) is 8.73. The molecular formula is C28H27BrN2O7S.